The Hall–Kier alpha value is -0.560. The van der Waals surface area contributed by atoms with E-state index < -0.39 is 0 Å². The van der Waals surface area contributed by atoms with Crippen molar-refractivity contribution in [1.29, 1.82) is 0 Å². The molecule has 3 rings (SSSR count). The van der Waals surface area contributed by atoms with Crippen LogP contribution >= 0.6 is 11.3 Å². The standard InChI is InChI=1S/C11H12S/c1-2-5-11(4-1)6-3-9-7-12-8-10(9)11/h3,6-8H,1-2,4-5H2. The first-order valence-electron chi connectivity index (χ1n) is 4.67. The van der Waals surface area contributed by atoms with E-state index in [0.29, 0.717) is 5.41 Å². The van der Waals surface area contributed by atoms with Crippen LogP contribution in [0.15, 0.2) is 16.8 Å². The van der Waals surface area contributed by atoms with Gasteiger partial charge >= 0.3 is 0 Å². The molecule has 1 heterocycles. The lowest BCUT2D eigenvalue weighted by Gasteiger charge is -2.20. The summed E-state index contributed by atoms with van der Waals surface area (Å²) in [5.74, 6) is 0. The number of thiophene rings is 1. The van der Waals surface area contributed by atoms with Crippen molar-refractivity contribution in [3.63, 3.8) is 0 Å². The van der Waals surface area contributed by atoms with Crippen molar-refractivity contribution >= 4 is 17.4 Å². The van der Waals surface area contributed by atoms with Crippen molar-refractivity contribution in [3.05, 3.63) is 28.0 Å². The molecule has 2 aliphatic carbocycles. The average molecular weight is 176 g/mol. The lowest BCUT2D eigenvalue weighted by atomic mass is 9.83. The molecule has 1 saturated carbocycles. The Labute approximate surface area is 76.9 Å². The van der Waals surface area contributed by atoms with E-state index in [2.05, 4.69) is 22.9 Å². The van der Waals surface area contributed by atoms with Gasteiger partial charge in [-0.3, -0.25) is 0 Å². The summed E-state index contributed by atoms with van der Waals surface area (Å²) >= 11 is 1.85. The SMILES string of the molecule is C1=CC2(CCCC2)c2cscc21. The lowest BCUT2D eigenvalue weighted by molar-refractivity contribution is 0.570. The Morgan fingerprint density at radius 3 is 2.83 bits per heavy atom. The maximum atomic E-state index is 2.44. The van der Waals surface area contributed by atoms with Gasteiger partial charge in [0.15, 0.2) is 0 Å². The Balaban J connectivity index is 2.15. The fourth-order valence-electron chi connectivity index (χ4n) is 2.62. The second-order valence-corrected chi connectivity index (χ2v) is 4.68. The Morgan fingerprint density at radius 1 is 1.17 bits per heavy atom. The van der Waals surface area contributed by atoms with Crippen LogP contribution in [0, 0.1) is 0 Å². The minimum absolute atomic E-state index is 0.481. The quantitative estimate of drug-likeness (QED) is 0.566. The van der Waals surface area contributed by atoms with E-state index in [4.69, 9.17) is 0 Å². The predicted molar refractivity (Wildman–Crippen MR) is 53.5 cm³/mol. The zero-order chi connectivity index (χ0) is 8.02. The Kier molecular flexibility index (Phi) is 1.28. The highest BCUT2D eigenvalue weighted by molar-refractivity contribution is 7.08. The van der Waals surface area contributed by atoms with E-state index in [9.17, 15) is 0 Å². The summed E-state index contributed by atoms with van der Waals surface area (Å²) in [7, 11) is 0. The van der Waals surface area contributed by atoms with Crippen LogP contribution in [0.5, 0.6) is 0 Å². The maximum Gasteiger partial charge on any atom is 0.0149 e. The van der Waals surface area contributed by atoms with E-state index in [1.54, 1.807) is 5.56 Å². The fraction of sp³-hybridized carbons (Fsp3) is 0.455. The van der Waals surface area contributed by atoms with Crippen molar-refractivity contribution < 1.29 is 0 Å². The van der Waals surface area contributed by atoms with Gasteiger partial charge in [-0.15, -0.1) is 0 Å². The first-order chi connectivity index (χ1) is 5.91. The molecule has 1 aromatic heterocycles. The number of fused-ring (bicyclic) bond motifs is 2. The molecule has 0 aromatic carbocycles. The molecule has 0 aliphatic heterocycles. The van der Waals surface area contributed by atoms with E-state index in [0.717, 1.165) is 0 Å². The minimum Gasteiger partial charge on any atom is -0.151 e. The van der Waals surface area contributed by atoms with Gasteiger partial charge in [0.1, 0.15) is 0 Å². The second kappa shape index (κ2) is 2.23. The highest BCUT2D eigenvalue weighted by atomic mass is 32.1. The molecule has 0 N–H and O–H groups in total. The van der Waals surface area contributed by atoms with Gasteiger partial charge in [-0.05, 0) is 34.7 Å². The van der Waals surface area contributed by atoms with Crippen molar-refractivity contribution in [2.24, 2.45) is 0 Å². The van der Waals surface area contributed by atoms with Crippen molar-refractivity contribution in [2.45, 2.75) is 31.1 Å². The van der Waals surface area contributed by atoms with Crippen LogP contribution in [0.25, 0.3) is 6.08 Å². The summed E-state index contributed by atoms with van der Waals surface area (Å²) in [5, 5.41) is 4.62. The second-order valence-electron chi connectivity index (χ2n) is 3.94. The van der Waals surface area contributed by atoms with Gasteiger partial charge in [-0.1, -0.05) is 25.0 Å². The maximum absolute atomic E-state index is 2.44. The third kappa shape index (κ3) is 0.726. The summed E-state index contributed by atoms with van der Waals surface area (Å²) < 4.78 is 0. The predicted octanol–water partition coefficient (Wildman–Crippen LogP) is 3.59. The summed E-state index contributed by atoms with van der Waals surface area (Å²) in [6, 6.07) is 0. The average Bonchev–Trinajstić information content (AvgIpc) is 2.76. The van der Waals surface area contributed by atoms with Gasteiger partial charge in [0.25, 0.3) is 0 Å². The Bertz CT molecular complexity index is 327. The molecule has 0 nitrogen and oxygen atoms in total. The topological polar surface area (TPSA) is 0 Å². The monoisotopic (exact) mass is 176 g/mol. The van der Waals surface area contributed by atoms with Crippen LogP contribution in [-0.2, 0) is 5.41 Å². The molecule has 0 amide bonds. The first-order valence-corrected chi connectivity index (χ1v) is 5.61. The summed E-state index contributed by atoms with van der Waals surface area (Å²) in [6.07, 6.45) is 10.4. The van der Waals surface area contributed by atoms with Gasteiger partial charge in [-0.2, -0.15) is 11.3 Å². The number of hydrogen-bond donors (Lipinski definition) is 0. The first kappa shape index (κ1) is 6.90. The molecule has 0 atom stereocenters. The fourth-order valence-corrected chi connectivity index (χ4v) is 3.55. The zero-order valence-electron chi connectivity index (χ0n) is 7.05. The normalized spacial score (nSPS) is 23.7. The third-order valence-electron chi connectivity index (χ3n) is 3.31. The van der Waals surface area contributed by atoms with Crippen LogP contribution in [0.4, 0.5) is 0 Å². The molecule has 1 spiro atoms. The van der Waals surface area contributed by atoms with Crippen molar-refractivity contribution in [1.82, 2.24) is 0 Å². The molecule has 0 unspecified atom stereocenters. The molecule has 12 heavy (non-hydrogen) atoms. The van der Waals surface area contributed by atoms with E-state index in [1.165, 1.54) is 31.2 Å². The van der Waals surface area contributed by atoms with Crippen LogP contribution in [-0.4, -0.2) is 0 Å². The molecular formula is C11H12S. The lowest BCUT2D eigenvalue weighted by Crippen LogP contribution is -2.15. The van der Waals surface area contributed by atoms with Crippen molar-refractivity contribution in [2.75, 3.05) is 0 Å². The van der Waals surface area contributed by atoms with Crippen LogP contribution < -0.4 is 0 Å². The van der Waals surface area contributed by atoms with Gasteiger partial charge in [0, 0.05) is 5.41 Å². The molecule has 0 bridgehead atoms. The van der Waals surface area contributed by atoms with Crippen LogP contribution in [0.2, 0.25) is 0 Å². The molecule has 1 heteroatoms. The number of hydrogen-bond acceptors (Lipinski definition) is 1. The van der Waals surface area contributed by atoms with Gasteiger partial charge in [0.2, 0.25) is 0 Å². The molecule has 62 valence electrons. The number of rotatable bonds is 0. The summed E-state index contributed by atoms with van der Waals surface area (Å²) in [6.45, 7) is 0. The van der Waals surface area contributed by atoms with Gasteiger partial charge < -0.3 is 0 Å². The summed E-state index contributed by atoms with van der Waals surface area (Å²) in [4.78, 5) is 0. The van der Waals surface area contributed by atoms with E-state index >= 15 is 0 Å². The van der Waals surface area contributed by atoms with Gasteiger partial charge in [0.05, 0.1) is 0 Å². The highest BCUT2D eigenvalue weighted by Gasteiger charge is 2.37. The number of allylic oxidation sites excluding steroid dienone is 1. The third-order valence-corrected chi connectivity index (χ3v) is 4.07. The van der Waals surface area contributed by atoms with Crippen molar-refractivity contribution in [3.8, 4) is 0 Å². The minimum atomic E-state index is 0.481. The van der Waals surface area contributed by atoms with E-state index in [1.807, 2.05) is 11.3 Å². The largest absolute Gasteiger partial charge is 0.151 e. The zero-order valence-corrected chi connectivity index (χ0v) is 7.86. The molecular weight excluding hydrogens is 164 g/mol. The molecule has 0 saturated heterocycles. The summed E-state index contributed by atoms with van der Waals surface area (Å²) in [5.41, 5.74) is 3.59. The molecule has 2 aliphatic rings. The van der Waals surface area contributed by atoms with Gasteiger partial charge in [-0.25, -0.2) is 0 Å². The van der Waals surface area contributed by atoms with Crippen LogP contribution in [0.3, 0.4) is 0 Å². The van der Waals surface area contributed by atoms with E-state index in [-0.39, 0.29) is 0 Å². The smallest absolute Gasteiger partial charge is 0.0149 e. The molecule has 1 fully saturated rings. The highest BCUT2D eigenvalue weighted by Crippen LogP contribution is 2.48. The Morgan fingerprint density at radius 2 is 2.00 bits per heavy atom. The molecule has 1 aromatic rings. The molecule has 0 radical (unpaired) electrons. The van der Waals surface area contributed by atoms with Crippen LogP contribution in [0.1, 0.15) is 36.8 Å².